The topological polar surface area (TPSA) is 110 Å². The fourth-order valence-electron chi connectivity index (χ4n) is 1.97. The molecule has 7 nitrogen and oxygen atoms in total. The molecule has 20 heavy (non-hydrogen) atoms. The average molecular weight is 276 g/mol. The van der Waals surface area contributed by atoms with Gasteiger partial charge in [0.2, 0.25) is 0 Å². The summed E-state index contributed by atoms with van der Waals surface area (Å²) in [7, 11) is 0. The van der Waals surface area contributed by atoms with Crippen LogP contribution in [-0.2, 0) is 6.54 Å². The van der Waals surface area contributed by atoms with Gasteiger partial charge in [-0.25, -0.2) is 4.79 Å². The zero-order valence-corrected chi connectivity index (χ0v) is 11.1. The first-order valence-corrected chi connectivity index (χ1v) is 6.33. The fourth-order valence-corrected chi connectivity index (χ4v) is 1.97. The van der Waals surface area contributed by atoms with Crippen LogP contribution in [0.2, 0.25) is 0 Å². The zero-order chi connectivity index (χ0) is 14.7. The molecule has 1 aromatic heterocycles. The lowest BCUT2D eigenvalue weighted by Gasteiger charge is -2.06. The summed E-state index contributed by atoms with van der Waals surface area (Å²) in [6, 6.07) is 4.58. The molecule has 0 saturated carbocycles. The second-order valence-electron chi connectivity index (χ2n) is 4.28. The molecule has 106 valence electrons. The summed E-state index contributed by atoms with van der Waals surface area (Å²) in [5, 5.41) is 3.00. The van der Waals surface area contributed by atoms with Crippen LogP contribution in [-0.4, -0.2) is 28.5 Å². The molecule has 0 aliphatic carbocycles. The highest BCUT2D eigenvalue weighted by atomic mass is 16.2. The normalized spacial score (nSPS) is 10.7. The molecule has 1 aromatic carbocycles. The maximum Gasteiger partial charge on any atom is 0.328 e. The number of hydrogen-bond acceptors (Lipinski definition) is 4. The van der Waals surface area contributed by atoms with Crippen LogP contribution in [0.15, 0.2) is 27.8 Å². The summed E-state index contributed by atoms with van der Waals surface area (Å²) < 4.78 is 1.11. The summed E-state index contributed by atoms with van der Waals surface area (Å²) in [4.78, 5) is 38.2. The Kier molecular flexibility index (Phi) is 3.99. The predicted molar refractivity (Wildman–Crippen MR) is 75.9 cm³/mol. The number of fused-ring (bicyclic) bond motifs is 1. The molecule has 0 unspecified atom stereocenters. The maximum absolute atomic E-state index is 12.1. The second kappa shape index (κ2) is 5.70. The van der Waals surface area contributed by atoms with Gasteiger partial charge in [-0.1, -0.05) is 0 Å². The van der Waals surface area contributed by atoms with Crippen LogP contribution in [0.5, 0.6) is 0 Å². The highest BCUT2D eigenvalue weighted by Crippen LogP contribution is 2.09. The highest BCUT2D eigenvalue weighted by Gasteiger charge is 2.10. The molecule has 0 aliphatic rings. The average Bonchev–Trinajstić information content (AvgIpc) is 2.44. The molecule has 0 bridgehead atoms. The Balaban J connectivity index is 2.53. The van der Waals surface area contributed by atoms with Crippen molar-refractivity contribution >= 4 is 16.8 Å². The molecule has 1 amide bonds. The Labute approximate surface area is 114 Å². The van der Waals surface area contributed by atoms with Crippen LogP contribution >= 0.6 is 0 Å². The number of amides is 1. The highest BCUT2D eigenvalue weighted by molar-refractivity contribution is 5.97. The minimum absolute atomic E-state index is 0.294. The van der Waals surface area contributed by atoms with E-state index in [1.807, 2.05) is 0 Å². The first-order chi connectivity index (χ1) is 9.58. The molecular weight excluding hydrogens is 260 g/mol. The van der Waals surface area contributed by atoms with Crippen molar-refractivity contribution in [1.29, 1.82) is 0 Å². The smallest absolute Gasteiger partial charge is 0.328 e. The number of benzene rings is 1. The fraction of sp³-hybridized carbons (Fsp3) is 0.308. The molecule has 0 saturated heterocycles. The van der Waals surface area contributed by atoms with E-state index in [4.69, 9.17) is 5.73 Å². The number of rotatable bonds is 4. The number of hydrogen-bond donors (Lipinski definition) is 3. The quantitative estimate of drug-likeness (QED) is 0.692. The Morgan fingerprint density at radius 2 is 2.15 bits per heavy atom. The van der Waals surface area contributed by atoms with Gasteiger partial charge < -0.3 is 16.0 Å². The third-order valence-corrected chi connectivity index (χ3v) is 2.99. The monoisotopic (exact) mass is 276 g/mol. The molecule has 7 heteroatoms. The minimum atomic E-state index is -0.482. The van der Waals surface area contributed by atoms with Gasteiger partial charge in [0.1, 0.15) is 0 Å². The van der Waals surface area contributed by atoms with Gasteiger partial charge in [-0.15, -0.1) is 0 Å². The van der Waals surface area contributed by atoms with Crippen LogP contribution in [0, 0.1) is 0 Å². The number of aromatic amines is 1. The van der Waals surface area contributed by atoms with E-state index in [0.717, 1.165) is 4.57 Å². The largest absolute Gasteiger partial charge is 0.351 e. The number of nitrogens with one attached hydrogen (secondary N) is 2. The first-order valence-electron chi connectivity index (χ1n) is 6.33. The molecule has 0 atom stereocenters. The number of nitrogens with zero attached hydrogens (tertiary/aromatic N) is 1. The Morgan fingerprint density at radius 1 is 1.40 bits per heavy atom. The number of carbonyl (C=O) groups excluding carboxylic acids is 1. The van der Waals surface area contributed by atoms with Crippen molar-refractivity contribution in [2.45, 2.75) is 13.5 Å². The van der Waals surface area contributed by atoms with Gasteiger partial charge in [-0.3, -0.25) is 14.2 Å². The van der Waals surface area contributed by atoms with Crippen molar-refractivity contribution in [2.75, 3.05) is 13.1 Å². The van der Waals surface area contributed by atoms with E-state index in [2.05, 4.69) is 10.3 Å². The first kappa shape index (κ1) is 14.0. The summed E-state index contributed by atoms with van der Waals surface area (Å²) in [5.74, 6) is -0.294. The van der Waals surface area contributed by atoms with Crippen LogP contribution in [0.25, 0.3) is 10.9 Å². The Bertz CT molecular complexity index is 760. The van der Waals surface area contributed by atoms with Crippen molar-refractivity contribution in [2.24, 2.45) is 5.73 Å². The van der Waals surface area contributed by atoms with E-state index >= 15 is 0 Å². The standard InChI is InChI=1S/C13H16N4O3/c1-2-17-12(19)9-4-3-8(11(18)15-6-5-14)7-10(9)16-13(17)20/h3-4,7H,2,5-6,14H2,1H3,(H,15,18)(H,16,20). The van der Waals surface area contributed by atoms with E-state index in [-0.39, 0.29) is 11.5 Å². The molecule has 4 N–H and O–H groups in total. The van der Waals surface area contributed by atoms with Crippen molar-refractivity contribution < 1.29 is 4.79 Å². The summed E-state index contributed by atoms with van der Waals surface area (Å²) >= 11 is 0. The predicted octanol–water partition coefficient (Wildman–Crippen LogP) is -0.602. The number of carbonyl (C=O) groups is 1. The van der Waals surface area contributed by atoms with Gasteiger partial charge in [0.25, 0.3) is 11.5 Å². The lowest BCUT2D eigenvalue weighted by atomic mass is 10.1. The van der Waals surface area contributed by atoms with Crippen LogP contribution in [0.4, 0.5) is 0 Å². The van der Waals surface area contributed by atoms with Crippen molar-refractivity contribution in [3.8, 4) is 0 Å². The molecular formula is C13H16N4O3. The molecule has 0 fully saturated rings. The summed E-state index contributed by atoms with van der Waals surface area (Å²) in [5.41, 5.74) is 5.19. The summed E-state index contributed by atoms with van der Waals surface area (Å²) in [6.45, 7) is 2.72. The second-order valence-corrected chi connectivity index (χ2v) is 4.28. The van der Waals surface area contributed by atoms with Crippen LogP contribution < -0.4 is 22.3 Å². The summed E-state index contributed by atoms with van der Waals surface area (Å²) in [6.07, 6.45) is 0. The van der Waals surface area contributed by atoms with E-state index in [0.29, 0.717) is 36.1 Å². The number of nitrogens with two attached hydrogens (primary N) is 1. The van der Waals surface area contributed by atoms with Gasteiger partial charge in [-0.2, -0.15) is 0 Å². The Morgan fingerprint density at radius 3 is 2.80 bits per heavy atom. The van der Waals surface area contributed by atoms with Crippen molar-refractivity contribution in [3.63, 3.8) is 0 Å². The van der Waals surface area contributed by atoms with Crippen molar-refractivity contribution in [3.05, 3.63) is 44.6 Å². The zero-order valence-electron chi connectivity index (χ0n) is 11.1. The maximum atomic E-state index is 12.1. The molecule has 0 radical (unpaired) electrons. The third kappa shape index (κ3) is 2.48. The van der Waals surface area contributed by atoms with Gasteiger partial charge in [0, 0.05) is 25.2 Å². The van der Waals surface area contributed by atoms with E-state index in [9.17, 15) is 14.4 Å². The molecule has 2 aromatic rings. The molecule has 0 aliphatic heterocycles. The van der Waals surface area contributed by atoms with Gasteiger partial charge in [0.15, 0.2) is 0 Å². The third-order valence-electron chi connectivity index (χ3n) is 2.99. The number of H-pyrrole nitrogens is 1. The van der Waals surface area contributed by atoms with Gasteiger partial charge in [-0.05, 0) is 25.1 Å². The lowest BCUT2D eigenvalue weighted by Crippen LogP contribution is -2.34. The molecule has 1 heterocycles. The SMILES string of the molecule is CCn1c(=O)[nH]c2cc(C(=O)NCCN)ccc2c1=O. The van der Waals surface area contributed by atoms with Crippen LogP contribution in [0.3, 0.4) is 0 Å². The van der Waals surface area contributed by atoms with Crippen LogP contribution in [0.1, 0.15) is 17.3 Å². The van der Waals surface area contributed by atoms with E-state index in [1.54, 1.807) is 13.0 Å². The van der Waals surface area contributed by atoms with Gasteiger partial charge in [0.05, 0.1) is 10.9 Å². The Hall–Kier alpha value is -2.41. The van der Waals surface area contributed by atoms with E-state index in [1.165, 1.54) is 12.1 Å². The van der Waals surface area contributed by atoms with Crippen molar-refractivity contribution in [1.82, 2.24) is 14.9 Å². The molecule has 2 rings (SSSR count). The van der Waals surface area contributed by atoms with E-state index < -0.39 is 5.69 Å². The van der Waals surface area contributed by atoms with Gasteiger partial charge >= 0.3 is 5.69 Å². The number of aromatic nitrogens is 2. The lowest BCUT2D eigenvalue weighted by molar-refractivity contribution is 0.0955. The molecule has 0 spiro atoms. The minimum Gasteiger partial charge on any atom is -0.351 e.